The van der Waals surface area contributed by atoms with Gasteiger partial charge in [0.1, 0.15) is 6.61 Å². The number of nitrogens with zero attached hydrogens (tertiary/aromatic N) is 2. The molecule has 0 fully saturated rings. The van der Waals surface area contributed by atoms with E-state index < -0.39 is 0 Å². The molecule has 4 nitrogen and oxygen atoms in total. The van der Waals surface area contributed by atoms with Crippen molar-refractivity contribution in [3.05, 3.63) is 22.8 Å². The van der Waals surface area contributed by atoms with Gasteiger partial charge in [-0.25, -0.2) is 9.97 Å². The molecule has 88 valence electrons. The molecule has 1 aliphatic heterocycles. The van der Waals surface area contributed by atoms with Crippen LogP contribution in [0, 0.1) is 6.92 Å². The molecule has 2 rings (SSSR count). The van der Waals surface area contributed by atoms with E-state index in [0.29, 0.717) is 6.61 Å². The van der Waals surface area contributed by atoms with Crippen molar-refractivity contribution in [2.45, 2.75) is 39.8 Å². The van der Waals surface area contributed by atoms with Crippen LogP contribution in [0.5, 0.6) is 0 Å². The summed E-state index contributed by atoms with van der Waals surface area (Å²) in [4.78, 5) is 9.04. The minimum atomic E-state index is 0.530. The first-order valence-electron chi connectivity index (χ1n) is 5.95. The predicted molar refractivity (Wildman–Crippen MR) is 62.1 cm³/mol. The molecule has 0 aliphatic carbocycles. The van der Waals surface area contributed by atoms with Gasteiger partial charge in [-0.2, -0.15) is 0 Å². The first-order valence-corrected chi connectivity index (χ1v) is 5.95. The largest absolute Gasteiger partial charge is 0.373 e. The summed E-state index contributed by atoms with van der Waals surface area (Å²) in [5, 5.41) is 3.33. The fourth-order valence-electron chi connectivity index (χ4n) is 1.98. The Morgan fingerprint density at radius 3 is 3.06 bits per heavy atom. The standard InChI is InChI=1S/C12H19N3O/c1-3-6-16-8-12-14-9(2)10-4-5-13-7-11(10)15-12/h13H,3-8H2,1-2H3. The molecule has 0 unspecified atom stereocenters. The Balaban J connectivity index is 2.12. The Morgan fingerprint density at radius 2 is 2.25 bits per heavy atom. The van der Waals surface area contributed by atoms with Crippen molar-refractivity contribution in [2.75, 3.05) is 13.2 Å². The van der Waals surface area contributed by atoms with E-state index in [1.165, 1.54) is 5.56 Å². The molecule has 0 aromatic carbocycles. The van der Waals surface area contributed by atoms with E-state index in [0.717, 1.165) is 49.8 Å². The van der Waals surface area contributed by atoms with E-state index in [1.54, 1.807) is 0 Å². The van der Waals surface area contributed by atoms with E-state index >= 15 is 0 Å². The van der Waals surface area contributed by atoms with Crippen LogP contribution in [0.4, 0.5) is 0 Å². The van der Waals surface area contributed by atoms with Crippen LogP contribution in [0.15, 0.2) is 0 Å². The van der Waals surface area contributed by atoms with Crippen LogP contribution >= 0.6 is 0 Å². The van der Waals surface area contributed by atoms with Gasteiger partial charge in [0.15, 0.2) is 5.82 Å². The highest BCUT2D eigenvalue weighted by Crippen LogP contribution is 2.15. The van der Waals surface area contributed by atoms with Crippen molar-refractivity contribution in [1.82, 2.24) is 15.3 Å². The number of nitrogens with one attached hydrogen (secondary N) is 1. The monoisotopic (exact) mass is 221 g/mol. The SMILES string of the molecule is CCCOCc1nc(C)c2c(n1)CNCC2. The molecule has 1 aliphatic rings. The quantitative estimate of drug-likeness (QED) is 0.780. The van der Waals surface area contributed by atoms with E-state index in [1.807, 2.05) is 0 Å². The molecule has 0 atom stereocenters. The van der Waals surface area contributed by atoms with Gasteiger partial charge < -0.3 is 10.1 Å². The average molecular weight is 221 g/mol. The van der Waals surface area contributed by atoms with Crippen LogP contribution in [0.3, 0.4) is 0 Å². The molecule has 2 heterocycles. The molecular weight excluding hydrogens is 202 g/mol. The number of rotatable bonds is 4. The summed E-state index contributed by atoms with van der Waals surface area (Å²) in [6, 6.07) is 0. The number of hydrogen-bond donors (Lipinski definition) is 1. The Bertz CT molecular complexity index is 366. The lowest BCUT2D eigenvalue weighted by molar-refractivity contribution is 0.115. The third-order valence-corrected chi connectivity index (χ3v) is 2.77. The van der Waals surface area contributed by atoms with Gasteiger partial charge in [-0.15, -0.1) is 0 Å². The lowest BCUT2D eigenvalue weighted by Gasteiger charge is -2.18. The Labute approximate surface area is 96.4 Å². The smallest absolute Gasteiger partial charge is 0.154 e. The van der Waals surface area contributed by atoms with Crippen molar-refractivity contribution in [3.63, 3.8) is 0 Å². The summed E-state index contributed by atoms with van der Waals surface area (Å²) in [6.45, 7) is 7.36. The van der Waals surface area contributed by atoms with Gasteiger partial charge in [0.2, 0.25) is 0 Å². The first-order chi connectivity index (χ1) is 7.81. The molecule has 0 saturated heterocycles. The van der Waals surface area contributed by atoms with Crippen LogP contribution in [0.25, 0.3) is 0 Å². The van der Waals surface area contributed by atoms with E-state index in [-0.39, 0.29) is 0 Å². The Kier molecular flexibility index (Phi) is 3.85. The zero-order valence-corrected chi connectivity index (χ0v) is 10.0. The van der Waals surface area contributed by atoms with Crippen LogP contribution in [0.1, 0.15) is 36.1 Å². The summed E-state index contributed by atoms with van der Waals surface area (Å²) in [6.07, 6.45) is 2.07. The van der Waals surface area contributed by atoms with Gasteiger partial charge >= 0.3 is 0 Å². The number of hydrogen-bond acceptors (Lipinski definition) is 4. The summed E-state index contributed by atoms with van der Waals surface area (Å²) in [5.41, 5.74) is 3.58. The molecule has 0 bridgehead atoms. The minimum Gasteiger partial charge on any atom is -0.373 e. The zero-order valence-electron chi connectivity index (χ0n) is 10.0. The summed E-state index contributed by atoms with van der Waals surface area (Å²) in [5.74, 6) is 0.813. The zero-order chi connectivity index (χ0) is 11.4. The Morgan fingerprint density at radius 1 is 1.38 bits per heavy atom. The Hall–Kier alpha value is -1.00. The molecule has 0 saturated carbocycles. The lowest BCUT2D eigenvalue weighted by Crippen LogP contribution is -2.26. The maximum atomic E-state index is 5.47. The van der Waals surface area contributed by atoms with Crippen molar-refractivity contribution in [2.24, 2.45) is 0 Å². The van der Waals surface area contributed by atoms with Gasteiger partial charge in [-0.1, -0.05) is 6.92 Å². The van der Waals surface area contributed by atoms with E-state index in [2.05, 4.69) is 29.1 Å². The maximum Gasteiger partial charge on any atom is 0.154 e. The fourth-order valence-corrected chi connectivity index (χ4v) is 1.98. The van der Waals surface area contributed by atoms with Gasteiger partial charge in [-0.05, 0) is 31.9 Å². The number of ether oxygens (including phenoxy) is 1. The second kappa shape index (κ2) is 5.37. The fraction of sp³-hybridized carbons (Fsp3) is 0.667. The van der Waals surface area contributed by atoms with Crippen molar-refractivity contribution in [3.8, 4) is 0 Å². The summed E-state index contributed by atoms with van der Waals surface area (Å²) < 4.78 is 5.47. The van der Waals surface area contributed by atoms with Crippen molar-refractivity contribution >= 4 is 0 Å². The van der Waals surface area contributed by atoms with Crippen LogP contribution in [-0.4, -0.2) is 23.1 Å². The highest BCUT2D eigenvalue weighted by molar-refractivity contribution is 5.27. The lowest BCUT2D eigenvalue weighted by atomic mass is 10.1. The molecular formula is C12H19N3O. The van der Waals surface area contributed by atoms with Gasteiger partial charge in [-0.3, -0.25) is 0 Å². The number of aryl methyl sites for hydroxylation is 1. The third-order valence-electron chi connectivity index (χ3n) is 2.77. The summed E-state index contributed by atoms with van der Waals surface area (Å²) in [7, 11) is 0. The van der Waals surface area contributed by atoms with Gasteiger partial charge in [0, 0.05) is 18.8 Å². The van der Waals surface area contributed by atoms with Crippen molar-refractivity contribution in [1.29, 1.82) is 0 Å². The molecule has 1 aromatic heterocycles. The molecule has 1 N–H and O–H groups in total. The second-order valence-corrected chi connectivity index (χ2v) is 4.13. The van der Waals surface area contributed by atoms with Gasteiger partial charge in [0.25, 0.3) is 0 Å². The molecule has 4 heteroatoms. The third kappa shape index (κ3) is 2.57. The van der Waals surface area contributed by atoms with Crippen LogP contribution in [0.2, 0.25) is 0 Å². The normalized spacial score (nSPS) is 14.9. The molecule has 0 radical (unpaired) electrons. The summed E-state index contributed by atoms with van der Waals surface area (Å²) >= 11 is 0. The van der Waals surface area contributed by atoms with Gasteiger partial charge in [0.05, 0.1) is 5.69 Å². The van der Waals surface area contributed by atoms with E-state index in [9.17, 15) is 0 Å². The molecule has 0 amide bonds. The average Bonchev–Trinajstić information content (AvgIpc) is 2.30. The maximum absolute atomic E-state index is 5.47. The minimum absolute atomic E-state index is 0.530. The highest BCUT2D eigenvalue weighted by Gasteiger charge is 2.14. The topological polar surface area (TPSA) is 47.0 Å². The van der Waals surface area contributed by atoms with Crippen molar-refractivity contribution < 1.29 is 4.74 Å². The van der Waals surface area contributed by atoms with Crippen LogP contribution in [-0.2, 0) is 24.3 Å². The number of fused-ring (bicyclic) bond motifs is 1. The first kappa shape index (κ1) is 11.5. The molecule has 16 heavy (non-hydrogen) atoms. The molecule has 1 aromatic rings. The number of aromatic nitrogens is 2. The molecule has 0 spiro atoms. The predicted octanol–water partition coefficient (Wildman–Crippen LogP) is 1.36. The second-order valence-electron chi connectivity index (χ2n) is 4.13. The highest BCUT2D eigenvalue weighted by atomic mass is 16.5. The van der Waals surface area contributed by atoms with E-state index in [4.69, 9.17) is 4.74 Å². The van der Waals surface area contributed by atoms with Crippen LogP contribution < -0.4 is 5.32 Å².